The van der Waals surface area contributed by atoms with Gasteiger partial charge in [-0.25, -0.2) is 0 Å². The summed E-state index contributed by atoms with van der Waals surface area (Å²) in [6, 6.07) is 46.3. The summed E-state index contributed by atoms with van der Waals surface area (Å²) >= 11 is 0. The lowest BCUT2D eigenvalue weighted by Crippen LogP contribution is -1.98. The molecule has 0 unspecified atom stereocenters. The van der Waals surface area contributed by atoms with Crippen LogP contribution in [0.15, 0.2) is 134 Å². The molecule has 0 spiro atoms. The van der Waals surface area contributed by atoms with Crippen LogP contribution < -0.4 is 0 Å². The van der Waals surface area contributed by atoms with E-state index in [0.29, 0.717) is 5.56 Å². The topological polar surface area (TPSA) is 46.5 Å². The first-order valence-corrected chi connectivity index (χ1v) is 13.3. The summed E-state index contributed by atoms with van der Waals surface area (Å²) in [7, 11) is 0. The zero-order chi connectivity index (χ0) is 26.6. The summed E-state index contributed by atoms with van der Waals surface area (Å²) in [4.78, 5) is 4.84. The Kier molecular flexibility index (Phi) is 4.85. The third kappa shape index (κ3) is 3.22. The van der Waals surface area contributed by atoms with Gasteiger partial charge >= 0.3 is 0 Å². The van der Waals surface area contributed by atoms with Crippen molar-refractivity contribution in [3.8, 4) is 28.7 Å². The maximum atomic E-state index is 10.2. The molecule has 0 radical (unpaired) electrons. The van der Waals surface area contributed by atoms with Crippen molar-refractivity contribution in [3.63, 3.8) is 0 Å². The van der Waals surface area contributed by atoms with Crippen molar-refractivity contribution >= 4 is 43.6 Å². The van der Waals surface area contributed by atoms with E-state index in [1.165, 1.54) is 21.5 Å². The molecule has 3 aromatic heterocycles. The molecule has 0 aliphatic heterocycles. The van der Waals surface area contributed by atoms with Gasteiger partial charge < -0.3 is 9.13 Å². The Hall–Kier alpha value is -5.66. The van der Waals surface area contributed by atoms with Gasteiger partial charge in [0.1, 0.15) is 0 Å². The highest BCUT2D eigenvalue weighted by molar-refractivity contribution is 6.10. The van der Waals surface area contributed by atoms with Gasteiger partial charge in [-0.1, -0.05) is 72.8 Å². The fourth-order valence-corrected chi connectivity index (χ4v) is 6.07. The molecule has 5 aromatic carbocycles. The molecule has 3 heterocycles. The fourth-order valence-electron chi connectivity index (χ4n) is 6.07. The van der Waals surface area contributed by atoms with Crippen molar-refractivity contribution in [2.75, 3.05) is 0 Å². The Morgan fingerprint density at radius 2 is 0.950 bits per heavy atom. The molecule has 0 bridgehead atoms. The van der Waals surface area contributed by atoms with Crippen LogP contribution in [-0.4, -0.2) is 14.1 Å². The first kappa shape index (κ1) is 22.3. The van der Waals surface area contributed by atoms with Crippen molar-refractivity contribution in [2.45, 2.75) is 0 Å². The van der Waals surface area contributed by atoms with Gasteiger partial charge in [-0.05, 0) is 54.6 Å². The number of nitriles is 1. The van der Waals surface area contributed by atoms with Gasteiger partial charge in [-0.2, -0.15) is 5.26 Å². The Balaban J connectivity index is 1.25. The van der Waals surface area contributed by atoms with Crippen molar-refractivity contribution in [3.05, 3.63) is 139 Å². The quantitative estimate of drug-likeness (QED) is 0.238. The minimum Gasteiger partial charge on any atom is -0.309 e. The molecule has 40 heavy (non-hydrogen) atoms. The average molecular weight is 511 g/mol. The summed E-state index contributed by atoms with van der Waals surface area (Å²) in [5.41, 5.74) is 8.66. The zero-order valence-electron chi connectivity index (χ0n) is 21.5. The summed E-state index contributed by atoms with van der Waals surface area (Å²) < 4.78 is 4.48. The smallest absolute Gasteiger partial charge is 0.0999 e. The molecule has 0 fully saturated rings. The second kappa shape index (κ2) is 8.69. The number of rotatable bonds is 3. The summed E-state index contributed by atoms with van der Waals surface area (Å²) in [5.74, 6) is 0. The molecule has 0 aliphatic rings. The lowest BCUT2D eigenvalue weighted by Gasteiger charge is -2.12. The maximum Gasteiger partial charge on any atom is 0.0999 e. The van der Waals surface area contributed by atoms with Crippen LogP contribution in [0.4, 0.5) is 0 Å². The first-order valence-electron chi connectivity index (χ1n) is 13.3. The highest BCUT2D eigenvalue weighted by Gasteiger charge is 2.15. The van der Waals surface area contributed by atoms with Crippen molar-refractivity contribution < 1.29 is 0 Å². The van der Waals surface area contributed by atoms with Gasteiger partial charge in [0.05, 0.1) is 51.3 Å². The number of para-hydroxylation sites is 4. The van der Waals surface area contributed by atoms with Crippen LogP contribution in [0.2, 0.25) is 0 Å². The predicted octanol–water partition coefficient (Wildman–Crippen LogP) is 8.81. The van der Waals surface area contributed by atoms with E-state index in [-0.39, 0.29) is 0 Å². The second-order valence-corrected chi connectivity index (χ2v) is 9.98. The van der Waals surface area contributed by atoms with Crippen LogP contribution in [-0.2, 0) is 0 Å². The minimum atomic E-state index is 0.594. The van der Waals surface area contributed by atoms with Gasteiger partial charge in [0.2, 0.25) is 0 Å². The van der Waals surface area contributed by atoms with E-state index in [2.05, 4.69) is 124 Å². The van der Waals surface area contributed by atoms with E-state index >= 15 is 0 Å². The zero-order valence-corrected chi connectivity index (χ0v) is 21.5. The molecular formula is C36H22N4. The number of fused-ring (bicyclic) bond motifs is 6. The highest BCUT2D eigenvalue weighted by atomic mass is 15.0. The maximum absolute atomic E-state index is 10.2. The molecule has 0 saturated heterocycles. The van der Waals surface area contributed by atoms with Gasteiger partial charge in [-0.3, -0.25) is 4.98 Å². The summed E-state index contributed by atoms with van der Waals surface area (Å²) in [6.07, 6.45) is 1.90. The van der Waals surface area contributed by atoms with Crippen LogP contribution in [0.25, 0.3) is 66.2 Å². The number of nitrogens with zero attached hydrogens (tertiary/aromatic N) is 4. The molecule has 4 heteroatoms. The Bertz CT molecular complexity index is 2170. The normalized spacial score (nSPS) is 11.5. The Labute approximate surface area is 230 Å². The lowest BCUT2D eigenvalue weighted by molar-refractivity contribution is 1.14. The molecule has 0 amide bonds. The van der Waals surface area contributed by atoms with Crippen LogP contribution >= 0.6 is 0 Å². The Morgan fingerprint density at radius 3 is 1.40 bits per heavy atom. The molecule has 0 N–H and O–H groups in total. The van der Waals surface area contributed by atoms with E-state index in [1.807, 2.05) is 24.4 Å². The number of hydrogen-bond acceptors (Lipinski definition) is 2. The van der Waals surface area contributed by atoms with E-state index in [4.69, 9.17) is 4.98 Å². The van der Waals surface area contributed by atoms with Gasteiger partial charge in [-0.15, -0.1) is 0 Å². The number of aromatic nitrogens is 3. The molecule has 0 aliphatic carbocycles. The highest BCUT2D eigenvalue weighted by Crippen LogP contribution is 2.35. The van der Waals surface area contributed by atoms with Gasteiger partial charge in [0.15, 0.2) is 0 Å². The van der Waals surface area contributed by atoms with Crippen molar-refractivity contribution in [2.24, 2.45) is 0 Å². The average Bonchev–Trinajstić information content (AvgIpc) is 3.54. The van der Waals surface area contributed by atoms with Gasteiger partial charge in [0, 0.05) is 32.8 Å². The summed E-state index contributed by atoms with van der Waals surface area (Å²) in [5, 5.41) is 15.0. The minimum absolute atomic E-state index is 0.594. The standard InChI is InChI=1S/C36H22N4/c37-22-24-21-25(39-33-13-5-1-9-28(33)29-10-2-6-14-34(29)39)17-19-27(24)32-20-18-26(23-38-32)40-35-15-7-3-11-30(35)31-12-4-8-16-36(31)40/h1-21,23H. The predicted molar refractivity (Wildman–Crippen MR) is 163 cm³/mol. The number of hydrogen-bond donors (Lipinski definition) is 0. The van der Waals surface area contributed by atoms with E-state index in [0.717, 1.165) is 44.7 Å². The third-order valence-electron chi connectivity index (χ3n) is 7.82. The molecule has 4 nitrogen and oxygen atoms in total. The second-order valence-electron chi connectivity index (χ2n) is 9.98. The lowest BCUT2D eigenvalue weighted by atomic mass is 10.0. The SMILES string of the molecule is N#Cc1cc(-n2c3ccccc3c3ccccc32)ccc1-c1ccc(-n2c3ccccc3c3ccccc32)cn1. The van der Waals surface area contributed by atoms with E-state index in [9.17, 15) is 5.26 Å². The van der Waals surface area contributed by atoms with Crippen LogP contribution in [0.1, 0.15) is 5.56 Å². The summed E-state index contributed by atoms with van der Waals surface area (Å²) in [6.45, 7) is 0. The van der Waals surface area contributed by atoms with Crippen LogP contribution in [0, 0.1) is 11.3 Å². The Morgan fingerprint density at radius 1 is 0.500 bits per heavy atom. The molecular weight excluding hydrogens is 488 g/mol. The van der Waals surface area contributed by atoms with Crippen molar-refractivity contribution in [1.82, 2.24) is 14.1 Å². The van der Waals surface area contributed by atoms with Crippen molar-refractivity contribution in [1.29, 1.82) is 5.26 Å². The largest absolute Gasteiger partial charge is 0.309 e. The molecule has 8 rings (SSSR count). The molecule has 0 atom stereocenters. The van der Waals surface area contributed by atoms with Crippen LogP contribution in [0.3, 0.4) is 0 Å². The molecule has 8 aromatic rings. The molecule has 186 valence electrons. The molecule has 0 saturated carbocycles. The van der Waals surface area contributed by atoms with E-state index in [1.54, 1.807) is 0 Å². The van der Waals surface area contributed by atoms with Crippen LogP contribution in [0.5, 0.6) is 0 Å². The monoisotopic (exact) mass is 510 g/mol. The number of pyridine rings is 1. The first-order chi connectivity index (χ1) is 19.8. The van der Waals surface area contributed by atoms with Gasteiger partial charge in [0.25, 0.3) is 0 Å². The number of benzene rings is 5. The third-order valence-corrected chi connectivity index (χ3v) is 7.82. The van der Waals surface area contributed by atoms with E-state index < -0.39 is 0 Å². The fraction of sp³-hybridized carbons (Fsp3) is 0.